The summed E-state index contributed by atoms with van der Waals surface area (Å²) in [6.45, 7) is 11.8. The normalized spacial score (nSPS) is 11.8. The van der Waals surface area contributed by atoms with Crippen molar-refractivity contribution >= 4 is 53.1 Å². The van der Waals surface area contributed by atoms with Crippen molar-refractivity contribution in [3.63, 3.8) is 0 Å². The molecule has 4 aromatic rings. The summed E-state index contributed by atoms with van der Waals surface area (Å²) < 4.78 is 21.2. The van der Waals surface area contributed by atoms with Crippen LogP contribution in [-0.4, -0.2) is 57.3 Å². The van der Waals surface area contributed by atoms with Gasteiger partial charge in [0.2, 0.25) is 0 Å². The third kappa shape index (κ3) is 16.5. The average molecular weight is 799 g/mol. The van der Waals surface area contributed by atoms with Crippen LogP contribution in [0.4, 0.5) is 22.7 Å². The lowest BCUT2D eigenvalue weighted by atomic mass is 9.94. The molecule has 308 valence electrons. The Morgan fingerprint density at radius 2 is 1.36 bits per heavy atom. The van der Waals surface area contributed by atoms with E-state index in [0.29, 0.717) is 60.4 Å². The quantitative estimate of drug-likeness (QED) is 0.0172. The summed E-state index contributed by atoms with van der Waals surface area (Å²) >= 11 is 0. The second-order valence-electron chi connectivity index (χ2n) is 13.9. The summed E-state index contributed by atoms with van der Waals surface area (Å²) in [5.41, 5.74) is 6.90. The van der Waals surface area contributed by atoms with E-state index in [-0.39, 0.29) is 17.9 Å². The molecule has 0 radical (unpaired) electrons. The van der Waals surface area contributed by atoms with Gasteiger partial charge in [-0.2, -0.15) is 10.2 Å². The standard InChI is InChI=1S/C48H54N4O7/c1-6-36(27-31-57-46(53)7-2)32-38-14-19-41(20-15-38)50-34-39-16-25-44(45(33-39)56-5)49-28-26-37-12-21-42(22-13-37)51-52-43-23-17-40(18-24-43)48(55)59-30-11-9-8-10-29-58-47(54)35(3)4/h7,12-25,28,33-34,36H,2-3,6,8-11,26-27,29-32H2,1,4-5H3/b49-28+,50-34+,52-51+. The molecule has 0 aliphatic rings. The van der Waals surface area contributed by atoms with Crippen LogP contribution in [0.3, 0.4) is 0 Å². The lowest BCUT2D eigenvalue weighted by Gasteiger charge is -2.14. The SMILES string of the molecule is C=CC(=O)OCCC(CC)Cc1ccc(/N=C/c2ccc(/N=C/Cc3ccc(/N=N/c4ccc(C(=O)OCCCCCCOC(=O)C(=C)C)cc4)cc3)c(OC)c2)cc1. The molecule has 0 aliphatic carbocycles. The summed E-state index contributed by atoms with van der Waals surface area (Å²) in [6.07, 6.45) is 11.4. The van der Waals surface area contributed by atoms with Gasteiger partial charge in [-0.1, -0.05) is 56.8 Å². The first kappa shape index (κ1) is 45.2. The molecule has 0 bridgehead atoms. The number of methoxy groups -OCH3 is 1. The summed E-state index contributed by atoms with van der Waals surface area (Å²) in [6, 6.07) is 28.5. The first-order chi connectivity index (χ1) is 28.7. The average Bonchev–Trinajstić information content (AvgIpc) is 3.26. The molecule has 0 amide bonds. The first-order valence-corrected chi connectivity index (χ1v) is 19.9. The lowest BCUT2D eigenvalue weighted by molar-refractivity contribution is -0.139. The van der Waals surface area contributed by atoms with Gasteiger partial charge in [0, 0.05) is 30.5 Å². The Balaban J connectivity index is 1.19. The molecule has 1 unspecified atom stereocenters. The van der Waals surface area contributed by atoms with Gasteiger partial charge >= 0.3 is 17.9 Å². The molecule has 0 aliphatic heterocycles. The van der Waals surface area contributed by atoms with Crippen LogP contribution < -0.4 is 4.74 Å². The molecular formula is C48H54N4O7. The number of aliphatic imine (C=N–C) groups is 2. The van der Waals surface area contributed by atoms with Crippen LogP contribution in [0.15, 0.2) is 136 Å². The highest BCUT2D eigenvalue weighted by molar-refractivity contribution is 5.89. The van der Waals surface area contributed by atoms with E-state index in [1.807, 2.05) is 60.8 Å². The number of unbranched alkanes of at least 4 members (excludes halogenated alkanes) is 3. The molecule has 4 aromatic carbocycles. The Morgan fingerprint density at radius 1 is 0.729 bits per heavy atom. The van der Waals surface area contributed by atoms with Crippen LogP contribution in [0, 0.1) is 5.92 Å². The minimum Gasteiger partial charge on any atom is -0.494 e. The number of benzene rings is 4. The highest BCUT2D eigenvalue weighted by Crippen LogP contribution is 2.28. The smallest absolute Gasteiger partial charge is 0.338 e. The number of esters is 3. The van der Waals surface area contributed by atoms with Crippen LogP contribution in [0.5, 0.6) is 5.75 Å². The van der Waals surface area contributed by atoms with Gasteiger partial charge in [-0.15, -0.1) is 0 Å². The van der Waals surface area contributed by atoms with E-state index in [2.05, 4.69) is 52.4 Å². The van der Waals surface area contributed by atoms with Crippen LogP contribution in [-0.2, 0) is 36.6 Å². The Kier molecular flexibility index (Phi) is 19.2. The van der Waals surface area contributed by atoms with Crippen LogP contribution >= 0.6 is 0 Å². The van der Waals surface area contributed by atoms with E-state index >= 15 is 0 Å². The molecule has 4 rings (SSSR count). The van der Waals surface area contributed by atoms with Crippen molar-refractivity contribution in [2.24, 2.45) is 26.1 Å². The summed E-state index contributed by atoms with van der Waals surface area (Å²) in [5.74, 6) is -0.0688. The number of azo groups is 1. The molecule has 0 spiro atoms. The fraction of sp³-hybridized carbons (Fsp3) is 0.312. The van der Waals surface area contributed by atoms with Gasteiger partial charge in [0.1, 0.15) is 11.4 Å². The number of hydrogen-bond donors (Lipinski definition) is 0. The molecule has 0 N–H and O–H groups in total. The van der Waals surface area contributed by atoms with Crippen molar-refractivity contribution in [1.29, 1.82) is 0 Å². The van der Waals surface area contributed by atoms with Gasteiger partial charge in [-0.3, -0.25) is 9.98 Å². The third-order valence-electron chi connectivity index (χ3n) is 9.27. The Morgan fingerprint density at radius 3 is 1.98 bits per heavy atom. The Hall–Kier alpha value is -6.49. The summed E-state index contributed by atoms with van der Waals surface area (Å²) in [4.78, 5) is 44.4. The number of nitrogens with zero attached hydrogens (tertiary/aromatic N) is 4. The fourth-order valence-electron chi connectivity index (χ4n) is 5.74. The number of rotatable bonds is 24. The number of hydrogen-bond acceptors (Lipinski definition) is 11. The van der Waals surface area contributed by atoms with Gasteiger partial charge in [-0.05, 0) is 129 Å². The maximum Gasteiger partial charge on any atom is 0.338 e. The van der Waals surface area contributed by atoms with Crippen molar-refractivity contribution in [2.45, 2.75) is 65.2 Å². The van der Waals surface area contributed by atoms with Gasteiger partial charge in [0.15, 0.2) is 0 Å². The van der Waals surface area contributed by atoms with E-state index in [1.54, 1.807) is 44.5 Å². The highest BCUT2D eigenvalue weighted by Gasteiger charge is 2.10. The monoisotopic (exact) mass is 798 g/mol. The third-order valence-corrected chi connectivity index (χ3v) is 9.27. The predicted molar refractivity (Wildman–Crippen MR) is 233 cm³/mol. The molecule has 59 heavy (non-hydrogen) atoms. The zero-order valence-electron chi connectivity index (χ0n) is 34.3. The van der Waals surface area contributed by atoms with Crippen LogP contribution in [0.1, 0.15) is 79.4 Å². The van der Waals surface area contributed by atoms with Crippen molar-refractivity contribution in [3.05, 3.63) is 138 Å². The minimum absolute atomic E-state index is 0.325. The van der Waals surface area contributed by atoms with Crippen molar-refractivity contribution in [3.8, 4) is 5.75 Å². The molecule has 0 saturated carbocycles. The summed E-state index contributed by atoms with van der Waals surface area (Å²) in [7, 11) is 1.62. The predicted octanol–water partition coefficient (Wildman–Crippen LogP) is 11.3. The molecule has 0 fully saturated rings. The molecule has 0 aromatic heterocycles. The number of carbonyl (C=O) groups excluding carboxylic acids is 3. The van der Waals surface area contributed by atoms with E-state index < -0.39 is 0 Å². The van der Waals surface area contributed by atoms with E-state index in [0.717, 1.165) is 67.4 Å². The van der Waals surface area contributed by atoms with Gasteiger partial charge < -0.3 is 18.9 Å². The Bertz CT molecular complexity index is 2070. The van der Waals surface area contributed by atoms with E-state index in [4.69, 9.17) is 18.9 Å². The second kappa shape index (κ2) is 25.0. The molecule has 0 heterocycles. The van der Waals surface area contributed by atoms with Gasteiger partial charge in [-0.25, -0.2) is 14.4 Å². The highest BCUT2D eigenvalue weighted by atomic mass is 16.5. The Labute approximate surface area is 347 Å². The molecule has 11 nitrogen and oxygen atoms in total. The number of carbonyl (C=O) groups is 3. The maximum absolute atomic E-state index is 12.4. The van der Waals surface area contributed by atoms with E-state index in [1.165, 1.54) is 11.6 Å². The topological polar surface area (TPSA) is 138 Å². The molecular weight excluding hydrogens is 745 g/mol. The minimum atomic E-state index is -0.386. The van der Waals surface area contributed by atoms with Crippen LogP contribution in [0.25, 0.3) is 0 Å². The van der Waals surface area contributed by atoms with Crippen molar-refractivity contribution in [2.75, 3.05) is 26.9 Å². The van der Waals surface area contributed by atoms with Crippen molar-refractivity contribution in [1.82, 2.24) is 0 Å². The summed E-state index contributed by atoms with van der Waals surface area (Å²) in [5, 5.41) is 8.63. The maximum atomic E-state index is 12.4. The fourth-order valence-corrected chi connectivity index (χ4v) is 5.74. The van der Waals surface area contributed by atoms with E-state index in [9.17, 15) is 14.4 Å². The molecule has 1 atom stereocenters. The zero-order chi connectivity index (χ0) is 42.2. The molecule has 0 saturated heterocycles. The van der Waals surface area contributed by atoms with Crippen LogP contribution in [0.2, 0.25) is 0 Å². The van der Waals surface area contributed by atoms with Gasteiger partial charge in [0.25, 0.3) is 0 Å². The first-order valence-electron chi connectivity index (χ1n) is 19.9. The lowest BCUT2D eigenvalue weighted by Crippen LogP contribution is -2.10. The number of ether oxygens (including phenoxy) is 4. The zero-order valence-corrected chi connectivity index (χ0v) is 34.3. The van der Waals surface area contributed by atoms with Crippen molar-refractivity contribution < 1.29 is 33.3 Å². The second-order valence-corrected chi connectivity index (χ2v) is 13.9. The molecule has 11 heteroatoms. The van der Waals surface area contributed by atoms with Gasteiger partial charge in [0.05, 0.1) is 49.6 Å². The largest absolute Gasteiger partial charge is 0.494 e.